The third-order valence-electron chi connectivity index (χ3n) is 2.89. The van der Waals surface area contributed by atoms with Gasteiger partial charge in [-0.15, -0.1) is 0 Å². The lowest BCUT2D eigenvalue weighted by molar-refractivity contribution is -0.136. The summed E-state index contributed by atoms with van der Waals surface area (Å²) in [5.74, 6) is -1.07. The van der Waals surface area contributed by atoms with Crippen molar-refractivity contribution >= 4 is 22.6 Å². The molecule has 0 bridgehead atoms. The number of hydrogen-bond acceptors (Lipinski definition) is 2. The van der Waals surface area contributed by atoms with Crippen molar-refractivity contribution in [3.63, 3.8) is 0 Å². The Bertz CT molecular complexity index is 602. The molecule has 0 radical (unpaired) electrons. The van der Waals surface area contributed by atoms with Crippen LogP contribution < -0.4 is 5.32 Å². The molecule has 0 saturated carbocycles. The molecule has 0 heterocycles. The summed E-state index contributed by atoms with van der Waals surface area (Å²) >= 11 is 0. The van der Waals surface area contributed by atoms with E-state index in [2.05, 4.69) is 5.32 Å². The largest absolute Gasteiger partial charge is 0.481 e. The molecule has 19 heavy (non-hydrogen) atoms. The predicted molar refractivity (Wildman–Crippen MR) is 72.9 cm³/mol. The van der Waals surface area contributed by atoms with Crippen molar-refractivity contribution in [2.45, 2.75) is 12.8 Å². The van der Waals surface area contributed by atoms with Crippen LogP contribution in [0.1, 0.15) is 12.0 Å². The highest BCUT2D eigenvalue weighted by Crippen LogP contribution is 2.18. The van der Waals surface area contributed by atoms with Crippen molar-refractivity contribution in [3.8, 4) is 0 Å². The van der Waals surface area contributed by atoms with E-state index in [-0.39, 0.29) is 25.3 Å². The third-order valence-corrected chi connectivity index (χ3v) is 2.89. The van der Waals surface area contributed by atoms with E-state index in [0.29, 0.717) is 0 Å². The number of carboxylic acids is 1. The highest BCUT2D eigenvalue weighted by Gasteiger charge is 2.07. The second kappa shape index (κ2) is 6.00. The average molecular weight is 257 g/mol. The Hall–Kier alpha value is -2.36. The molecule has 4 heteroatoms. The molecule has 0 unspecified atom stereocenters. The summed E-state index contributed by atoms with van der Waals surface area (Å²) in [6.45, 7) is 0.166. The van der Waals surface area contributed by atoms with E-state index < -0.39 is 5.97 Å². The van der Waals surface area contributed by atoms with Gasteiger partial charge in [0.2, 0.25) is 5.91 Å². The van der Waals surface area contributed by atoms with Gasteiger partial charge in [0.25, 0.3) is 0 Å². The standard InChI is InChI=1S/C15H15NO3/c17-14(16-9-8-15(18)19)10-12-6-3-5-11-4-1-2-7-13(11)12/h1-7H,8-10H2,(H,16,17)(H,18,19). The molecule has 0 aliphatic rings. The molecule has 0 saturated heterocycles. The summed E-state index contributed by atoms with van der Waals surface area (Å²) in [7, 11) is 0. The van der Waals surface area contributed by atoms with Crippen molar-refractivity contribution in [2.24, 2.45) is 0 Å². The van der Waals surface area contributed by atoms with Crippen molar-refractivity contribution in [1.29, 1.82) is 0 Å². The first-order valence-electron chi connectivity index (χ1n) is 6.12. The normalized spacial score (nSPS) is 10.3. The lowest BCUT2D eigenvalue weighted by Crippen LogP contribution is -2.27. The van der Waals surface area contributed by atoms with Gasteiger partial charge in [-0.3, -0.25) is 9.59 Å². The van der Waals surface area contributed by atoms with Gasteiger partial charge in [0.05, 0.1) is 12.8 Å². The molecule has 0 aromatic heterocycles. The topological polar surface area (TPSA) is 66.4 Å². The summed E-state index contributed by atoms with van der Waals surface area (Å²) in [6.07, 6.45) is 0.211. The zero-order valence-electron chi connectivity index (χ0n) is 10.4. The minimum Gasteiger partial charge on any atom is -0.481 e. The van der Waals surface area contributed by atoms with Crippen LogP contribution in [0.2, 0.25) is 0 Å². The van der Waals surface area contributed by atoms with Crippen LogP contribution in [-0.2, 0) is 16.0 Å². The molecule has 0 aliphatic heterocycles. The van der Waals surface area contributed by atoms with E-state index in [0.717, 1.165) is 16.3 Å². The van der Waals surface area contributed by atoms with Crippen LogP contribution in [0.25, 0.3) is 10.8 Å². The van der Waals surface area contributed by atoms with Gasteiger partial charge < -0.3 is 10.4 Å². The Balaban J connectivity index is 2.05. The summed E-state index contributed by atoms with van der Waals surface area (Å²) in [6, 6.07) is 13.7. The van der Waals surface area contributed by atoms with Gasteiger partial charge in [-0.05, 0) is 16.3 Å². The summed E-state index contributed by atoms with van der Waals surface area (Å²) < 4.78 is 0. The number of hydrogen-bond donors (Lipinski definition) is 2. The molecule has 0 spiro atoms. The molecule has 2 aromatic carbocycles. The van der Waals surface area contributed by atoms with E-state index in [9.17, 15) is 9.59 Å². The lowest BCUT2D eigenvalue weighted by Gasteiger charge is -2.07. The molecule has 2 rings (SSSR count). The number of carbonyl (C=O) groups excluding carboxylic acids is 1. The van der Waals surface area contributed by atoms with Crippen LogP contribution in [0.4, 0.5) is 0 Å². The molecule has 0 fully saturated rings. The van der Waals surface area contributed by atoms with Crippen molar-refractivity contribution < 1.29 is 14.7 Å². The van der Waals surface area contributed by atoms with E-state index >= 15 is 0 Å². The van der Waals surface area contributed by atoms with Crippen LogP contribution >= 0.6 is 0 Å². The van der Waals surface area contributed by atoms with Crippen LogP contribution in [0.3, 0.4) is 0 Å². The average Bonchev–Trinajstić information content (AvgIpc) is 2.39. The van der Waals surface area contributed by atoms with Gasteiger partial charge in [0.15, 0.2) is 0 Å². The number of carboxylic acid groups (broad SMARTS) is 1. The maximum absolute atomic E-state index is 11.7. The molecule has 0 aliphatic carbocycles. The minimum atomic E-state index is -0.912. The predicted octanol–water partition coefficient (Wildman–Crippen LogP) is 1.97. The quantitative estimate of drug-likeness (QED) is 0.860. The summed E-state index contributed by atoms with van der Waals surface area (Å²) in [4.78, 5) is 22.1. The first kappa shape index (κ1) is 13.1. The lowest BCUT2D eigenvalue weighted by atomic mass is 10.0. The molecule has 2 N–H and O–H groups in total. The Morgan fingerprint density at radius 3 is 2.58 bits per heavy atom. The molecule has 0 atom stereocenters. The third kappa shape index (κ3) is 3.55. The molecule has 4 nitrogen and oxygen atoms in total. The van der Waals surface area contributed by atoms with Gasteiger partial charge in [0, 0.05) is 6.54 Å². The van der Waals surface area contributed by atoms with E-state index in [4.69, 9.17) is 5.11 Å². The monoisotopic (exact) mass is 257 g/mol. The summed E-state index contributed by atoms with van der Waals surface area (Å²) in [5, 5.41) is 13.3. The Morgan fingerprint density at radius 2 is 1.79 bits per heavy atom. The van der Waals surface area contributed by atoms with Crippen LogP contribution in [0.5, 0.6) is 0 Å². The number of amides is 1. The van der Waals surface area contributed by atoms with Crippen molar-refractivity contribution in [1.82, 2.24) is 5.32 Å². The fraction of sp³-hybridized carbons (Fsp3) is 0.200. The van der Waals surface area contributed by atoms with Crippen LogP contribution in [0, 0.1) is 0 Å². The van der Waals surface area contributed by atoms with E-state index in [1.165, 1.54) is 0 Å². The van der Waals surface area contributed by atoms with E-state index in [1.54, 1.807) is 0 Å². The van der Waals surface area contributed by atoms with Gasteiger partial charge >= 0.3 is 5.97 Å². The van der Waals surface area contributed by atoms with Gasteiger partial charge in [-0.2, -0.15) is 0 Å². The number of aliphatic carboxylic acids is 1. The maximum Gasteiger partial charge on any atom is 0.305 e. The highest BCUT2D eigenvalue weighted by molar-refractivity contribution is 5.90. The first-order chi connectivity index (χ1) is 9.16. The number of nitrogens with one attached hydrogen (secondary N) is 1. The van der Waals surface area contributed by atoms with Crippen LogP contribution in [-0.4, -0.2) is 23.5 Å². The summed E-state index contributed by atoms with van der Waals surface area (Å²) in [5.41, 5.74) is 0.950. The second-order valence-corrected chi connectivity index (χ2v) is 4.31. The van der Waals surface area contributed by atoms with Crippen molar-refractivity contribution in [2.75, 3.05) is 6.54 Å². The number of fused-ring (bicyclic) bond motifs is 1. The Morgan fingerprint density at radius 1 is 1.05 bits per heavy atom. The zero-order valence-corrected chi connectivity index (χ0v) is 10.4. The van der Waals surface area contributed by atoms with E-state index in [1.807, 2.05) is 42.5 Å². The second-order valence-electron chi connectivity index (χ2n) is 4.31. The van der Waals surface area contributed by atoms with Crippen LogP contribution in [0.15, 0.2) is 42.5 Å². The number of benzene rings is 2. The number of rotatable bonds is 5. The van der Waals surface area contributed by atoms with Gasteiger partial charge in [0.1, 0.15) is 0 Å². The fourth-order valence-corrected chi connectivity index (χ4v) is 1.99. The molecule has 98 valence electrons. The molecule has 1 amide bonds. The molecular formula is C15H15NO3. The fourth-order valence-electron chi connectivity index (χ4n) is 1.99. The zero-order chi connectivity index (χ0) is 13.7. The van der Waals surface area contributed by atoms with Gasteiger partial charge in [-0.25, -0.2) is 0 Å². The first-order valence-corrected chi connectivity index (χ1v) is 6.12. The molecular weight excluding hydrogens is 242 g/mol. The number of carbonyl (C=O) groups is 2. The maximum atomic E-state index is 11.7. The Kier molecular flexibility index (Phi) is 4.13. The Labute approximate surface area is 111 Å². The molecule has 2 aromatic rings. The SMILES string of the molecule is O=C(O)CCNC(=O)Cc1cccc2ccccc12. The smallest absolute Gasteiger partial charge is 0.305 e. The minimum absolute atomic E-state index is 0.0543. The van der Waals surface area contributed by atoms with Gasteiger partial charge in [-0.1, -0.05) is 42.5 Å². The van der Waals surface area contributed by atoms with Crippen molar-refractivity contribution in [3.05, 3.63) is 48.0 Å². The highest BCUT2D eigenvalue weighted by atomic mass is 16.4.